The number of amides is 1. The summed E-state index contributed by atoms with van der Waals surface area (Å²) in [7, 11) is 1.85. The topological polar surface area (TPSA) is 100 Å². The Morgan fingerprint density at radius 3 is 2.61 bits per heavy atom. The molecule has 2 N–H and O–H groups in total. The molecule has 3 aliphatic rings. The first kappa shape index (κ1) is 23.5. The lowest BCUT2D eigenvalue weighted by Crippen LogP contribution is -2.56. The van der Waals surface area contributed by atoms with Crippen molar-refractivity contribution in [2.75, 3.05) is 25.5 Å². The minimum Gasteiger partial charge on any atom is -0.465 e. The van der Waals surface area contributed by atoms with Crippen molar-refractivity contribution in [3.05, 3.63) is 30.1 Å². The van der Waals surface area contributed by atoms with E-state index in [2.05, 4.69) is 42.1 Å². The van der Waals surface area contributed by atoms with Crippen LogP contribution in [0, 0.1) is 5.92 Å². The number of hydrogen-bond donors (Lipinski definition) is 2. The van der Waals surface area contributed by atoms with E-state index < -0.39 is 6.09 Å². The maximum atomic E-state index is 10.4. The molecule has 31 heavy (non-hydrogen) atoms. The zero-order chi connectivity index (χ0) is 22.4. The van der Waals surface area contributed by atoms with E-state index in [1.807, 2.05) is 7.11 Å². The quantitative estimate of drug-likeness (QED) is 0.518. The van der Waals surface area contributed by atoms with Crippen LogP contribution in [0.3, 0.4) is 0 Å². The number of allylic oxidation sites excluding steroid dienone is 1. The number of hydrogen-bond acceptors (Lipinski definition) is 6. The predicted molar refractivity (Wildman–Crippen MR) is 119 cm³/mol. The van der Waals surface area contributed by atoms with Crippen molar-refractivity contribution in [3.63, 3.8) is 0 Å². The second-order valence-corrected chi connectivity index (χ2v) is 9.07. The fraction of sp³-hybridized carbons (Fsp3) is 0.696. The molecule has 4 rings (SSSR count). The lowest BCUT2D eigenvalue weighted by molar-refractivity contribution is -0.00777. The summed E-state index contributed by atoms with van der Waals surface area (Å²) in [5.41, 5.74) is 1.46. The molecule has 4 unspecified atom stereocenters. The minimum absolute atomic E-state index is 0.0764. The summed E-state index contributed by atoms with van der Waals surface area (Å²) in [5.74, 6) is 1.14. The number of rotatable bonds is 6. The van der Waals surface area contributed by atoms with Crippen LogP contribution in [-0.2, 0) is 9.47 Å². The SMILES string of the molecule is COC1CCCCC1C1(C)OC1CC=C(C)C.O=C(O)N1CC(Nc2ncccn2)C1. The Kier molecular flexibility index (Phi) is 7.89. The first-order valence-electron chi connectivity index (χ1n) is 11.2. The molecule has 2 saturated heterocycles. The fourth-order valence-corrected chi connectivity index (χ4v) is 4.54. The van der Waals surface area contributed by atoms with Gasteiger partial charge in [-0.1, -0.05) is 24.5 Å². The Morgan fingerprint density at radius 2 is 2.00 bits per heavy atom. The van der Waals surface area contributed by atoms with Crippen molar-refractivity contribution < 1.29 is 19.4 Å². The average molecular weight is 433 g/mol. The van der Waals surface area contributed by atoms with Gasteiger partial charge in [-0.2, -0.15) is 0 Å². The van der Waals surface area contributed by atoms with Crippen LogP contribution in [0.1, 0.15) is 52.9 Å². The first-order chi connectivity index (χ1) is 14.8. The maximum Gasteiger partial charge on any atom is 0.407 e. The Bertz CT molecular complexity index is 749. The molecule has 0 bridgehead atoms. The van der Waals surface area contributed by atoms with E-state index in [0.717, 1.165) is 6.42 Å². The molecule has 172 valence electrons. The molecule has 4 atom stereocenters. The molecule has 3 heterocycles. The number of epoxide rings is 1. The van der Waals surface area contributed by atoms with Gasteiger partial charge in [0.1, 0.15) is 0 Å². The van der Waals surface area contributed by atoms with E-state index in [0.29, 0.717) is 37.2 Å². The molecule has 1 aromatic heterocycles. The van der Waals surface area contributed by atoms with Gasteiger partial charge in [-0.3, -0.25) is 0 Å². The summed E-state index contributed by atoms with van der Waals surface area (Å²) in [6.07, 6.45) is 11.7. The summed E-state index contributed by atoms with van der Waals surface area (Å²) < 4.78 is 11.7. The Morgan fingerprint density at radius 1 is 1.32 bits per heavy atom. The van der Waals surface area contributed by atoms with Crippen LogP contribution in [0.5, 0.6) is 0 Å². The third-order valence-electron chi connectivity index (χ3n) is 6.51. The van der Waals surface area contributed by atoms with E-state index >= 15 is 0 Å². The zero-order valence-electron chi connectivity index (χ0n) is 19.1. The van der Waals surface area contributed by atoms with E-state index in [1.54, 1.807) is 18.5 Å². The molecule has 2 aliphatic heterocycles. The van der Waals surface area contributed by atoms with Gasteiger partial charge >= 0.3 is 6.09 Å². The average Bonchev–Trinajstić information content (AvgIpc) is 3.41. The molecule has 1 aromatic rings. The number of nitrogens with one attached hydrogen (secondary N) is 1. The van der Waals surface area contributed by atoms with Gasteiger partial charge in [0.2, 0.25) is 5.95 Å². The molecule has 1 amide bonds. The highest BCUT2D eigenvalue weighted by molar-refractivity contribution is 5.66. The third kappa shape index (κ3) is 6.17. The van der Waals surface area contributed by atoms with Crippen molar-refractivity contribution in [2.24, 2.45) is 5.92 Å². The van der Waals surface area contributed by atoms with Crippen LogP contribution in [0.2, 0.25) is 0 Å². The first-order valence-corrected chi connectivity index (χ1v) is 11.2. The van der Waals surface area contributed by atoms with Crippen LogP contribution in [0.4, 0.5) is 10.7 Å². The molecule has 8 nitrogen and oxygen atoms in total. The molecule has 0 spiro atoms. The van der Waals surface area contributed by atoms with Gasteiger partial charge in [-0.05, 0) is 46.1 Å². The Balaban J connectivity index is 0.000000179. The second kappa shape index (κ2) is 10.4. The Hall–Kier alpha value is -2.19. The second-order valence-electron chi connectivity index (χ2n) is 9.07. The number of likely N-dealkylation sites (tertiary alicyclic amines) is 1. The molecule has 3 fully saturated rings. The largest absolute Gasteiger partial charge is 0.465 e. The highest BCUT2D eigenvalue weighted by atomic mass is 16.6. The lowest BCUT2D eigenvalue weighted by Gasteiger charge is -2.37. The molecule has 8 heteroatoms. The number of carboxylic acid groups (broad SMARTS) is 1. The van der Waals surface area contributed by atoms with Gasteiger partial charge in [-0.25, -0.2) is 14.8 Å². The molecular weight excluding hydrogens is 396 g/mol. The number of carbonyl (C=O) groups is 1. The van der Waals surface area contributed by atoms with E-state index in [-0.39, 0.29) is 11.6 Å². The molecule has 1 aliphatic carbocycles. The van der Waals surface area contributed by atoms with Crippen LogP contribution in [0.15, 0.2) is 30.1 Å². The molecular formula is C23H36N4O4. The highest BCUT2D eigenvalue weighted by Crippen LogP contribution is 2.50. The standard InChI is InChI=1S/C15H26O2.C8H10N4O2/c1-11(2)9-10-14-15(3,17-14)12-7-5-6-8-13(12)16-4;13-8(14)12-4-6(5-12)11-7-9-2-1-3-10-7/h9,12-14H,5-8,10H2,1-4H3;1-3,6H,4-5H2,(H,13,14)(H,9,10,11). The summed E-state index contributed by atoms with van der Waals surface area (Å²) >= 11 is 0. The number of anilines is 1. The number of aromatic nitrogens is 2. The van der Waals surface area contributed by atoms with Gasteiger partial charge in [0, 0.05) is 38.5 Å². The highest BCUT2D eigenvalue weighted by Gasteiger charge is 2.58. The molecule has 0 radical (unpaired) electrons. The van der Waals surface area contributed by atoms with Gasteiger partial charge in [0.25, 0.3) is 0 Å². The van der Waals surface area contributed by atoms with Gasteiger partial charge < -0.3 is 24.8 Å². The maximum absolute atomic E-state index is 10.4. The normalized spacial score (nSPS) is 29.8. The smallest absolute Gasteiger partial charge is 0.407 e. The number of ether oxygens (including phenoxy) is 2. The van der Waals surface area contributed by atoms with Crippen molar-refractivity contribution >= 4 is 12.0 Å². The third-order valence-corrected chi connectivity index (χ3v) is 6.51. The minimum atomic E-state index is -0.878. The van der Waals surface area contributed by atoms with E-state index in [4.69, 9.17) is 14.6 Å². The van der Waals surface area contributed by atoms with Crippen molar-refractivity contribution in [3.8, 4) is 0 Å². The Labute approximate surface area is 185 Å². The van der Waals surface area contributed by atoms with Crippen LogP contribution in [0.25, 0.3) is 0 Å². The van der Waals surface area contributed by atoms with Crippen LogP contribution in [-0.4, -0.2) is 70.1 Å². The number of nitrogens with zero attached hydrogens (tertiary/aromatic N) is 3. The molecule has 1 saturated carbocycles. The van der Waals surface area contributed by atoms with E-state index in [1.165, 1.54) is 36.2 Å². The van der Waals surface area contributed by atoms with Crippen molar-refractivity contribution in [1.82, 2.24) is 14.9 Å². The molecule has 0 aromatic carbocycles. The summed E-state index contributed by atoms with van der Waals surface area (Å²) in [6, 6.07) is 1.86. The van der Waals surface area contributed by atoms with Gasteiger partial charge in [-0.15, -0.1) is 0 Å². The lowest BCUT2D eigenvalue weighted by atomic mass is 9.76. The number of methoxy groups -OCH3 is 1. The zero-order valence-corrected chi connectivity index (χ0v) is 19.1. The van der Waals surface area contributed by atoms with Gasteiger partial charge in [0.05, 0.1) is 23.9 Å². The summed E-state index contributed by atoms with van der Waals surface area (Å²) in [4.78, 5) is 19.7. The van der Waals surface area contributed by atoms with Gasteiger partial charge in [0.15, 0.2) is 0 Å². The predicted octanol–water partition coefficient (Wildman–Crippen LogP) is 3.96. The van der Waals surface area contributed by atoms with Crippen LogP contribution < -0.4 is 5.32 Å². The van der Waals surface area contributed by atoms with E-state index in [9.17, 15) is 4.79 Å². The van der Waals surface area contributed by atoms with Crippen molar-refractivity contribution in [2.45, 2.75) is 76.7 Å². The van der Waals surface area contributed by atoms with Crippen LogP contribution >= 0.6 is 0 Å². The van der Waals surface area contributed by atoms with Crippen molar-refractivity contribution in [1.29, 1.82) is 0 Å². The monoisotopic (exact) mass is 432 g/mol. The summed E-state index contributed by atoms with van der Waals surface area (Å²) in [6.45, 7) is 7.57. The fourth-order valence-electron chi connectivity index (χ4n) is 4.54. The summed E-state index contributed by atoms with van der Waals surface area (Å²) in [5, 5.41) is 11.6.